The minimum Gasteiger partial charge on any atom is -0.351 e. The summed E-state index contributed by atoms with van der Waals surface area (Å²) in [6.45, 7) is 5.40. The first-order valence-corrected chi connectivity index (χ1v) is 10.9. The van der Waals surface area contributed by atoms with Gasteiger partial charge < -0.3 is 5.32 Å². The molecule has 0 bridgehead atoms. The normalized spacial score (nSPS) is 17.4. The zero-order valence-electron chi connectivity index (χ0n) is 16.4. The van der Waals surface area contributed by atoms with E-state index in [1.54, 1.807) is 0 Å². The fourth-order valence-corrected chi connectivity index (χ4v) is 4.80. The van der Waals surface area contributed by atoms with Crippen molar-refractivity contribution in [3.63, 3.8) is 0 Å². The summed E-state index contributed by atoms with van der Waals surface area (Å²) in [5, 5.41) is 2.81. The SMILES string of the molecule is Cc1ccc(CNC(=O)CN2CCCN(Cc3ccc(C)cc3)S2(=O)=O)cc1. The van der Waals surface area contributed by atoms with Crippen molar-refractivity contribution in [2.45, 2.75) is 33.4 Å². The first kappa shape index (κ1) is 20.5. The maximum Gasteiger partial charge on any atom is 0.282 e. The Hall–Kier alpha value is -2.22. The highest BCUT2D eigenvalue weighted by Gasteiger charge is 2.34. The number of nitrogens with zero attached hydrogens (tertiary/aromatic N) is 2. The van der Waals surface area contributed by atoms with Crippen LogP contribution in [-0.4, -0.2) is 42.6 Å². The van der Waals surface area contributed by atoms with Crippen LogP contribution in [0.15, 0.2) is 48.5 Å². The van der Waals surface area contributed by atoms with E-state index in [1.165, 1.54) is 8.61 Å². The van der Waals surface area contributed by atoms with E-state index in [-0.39, 0.29) is 12.5 Å². The largest absolute Gasteiger partial charge is 0.351 e. The summed E-state index contributed by atoms with van der Waals surface area (Å²) in [5.41, 5.74) is 4.22. The molecule has 1 saturated heterocycles. The quantitative estimate of drug-likeness (QED) is 0.808. The van der Waals surface area contributed by atoms with Gasteiger partial charge in [0.2, 0.25) is 5.91 Å². The third kappa shape index (κ3) is 5.19. The molecular weight excluding hydrogens is 374 g/mol. The van der Waals surface area contributed by atoms with Crippen LogP contribution in [0.25, 0.3) is 0 Å². The van der Waals surface area contributed by atoms with Gasteiger partial charge in [-0.25, -0.2) is 0 Å². The van der Waals surface area contributed by atoms with Crippen LogP contribution in [-0.2, 0) is 28.1 Å². The van der Waals surface area contributed by atoms with E-state index >= 15 is 0 Å². The van der Waals surface area contributed by atoms with Crippen LogP contribution in [0, 0.1) is 13.8 Å². The molecule has 6 nitrogen and oxygen atoms in total. The summed E-state index contributed by atoms with van der Waals surface area (Å²) in [5.74, 6) is -0.290. The Morgan fingerprint density at radius 2 is 1.43 bits per heavy atom. The molecule has 1 aliphatic rings. The summed E-state index contributed by atoms with van der Waals surface area (Å²) in [4.78, 5) is 12.3. The van der Waals surface area contributed by atoms with Crippen LogP contribution in [0.2, 0.25) is 0 Å². The minimum absolute atomic E-state index is 0.154. The van der Waals surface area contributed by atoms with Crippen molar-refractivity contribution < 1.29 is 13.2 Å². The lowest BCUT2D eigenvalue weighted by molar-refractivity contribution is -0.121. The molecular formula is C21H27N3O3S. The van der Waals surface area contributed by atoms with E-state index in [1.807, 2.05) is 62.4 Å². The molecule has 0 unspecified atom stereocenters. The predicted octanol–water partition coefficient (Wildman–Crippen LogP) is 2.37. The minimum atomic E-state index is -3.65. The molecule has 150 valence electrons. The van der Waals surface area contributed by atoms with Gasteiger partial charge in [-0.1, -0.05) is 59.7 Å². The third-order valence-corrected chi connectivity index (χ3v) is 6.81. The van der Waals surface area contributed by atoms with E-state index < -0.39 is 10.2 Å². The molecule has 0 radical (unpaired) electrons. The number of hydrogen-bond donors (Lipinski definition) is 1. The average molecular weight is 402 g/mol. The number of nitrogens with one attached hydrogen (secondary N) is 1. The topological polar surface area (TPSA) is 69.7 Å². The molecule has 2 aromatic carbocycles. The summed E-state index contributed by atoms with van der Waals surface area (Å²) in [6, 6.07) is 15.7. The van der Waals surface area contributed by atoms with E-state index in [4.69, 9.17) is 0 Å². The summed E-state index contributed by atoms with van der Waals surface area (Å²) < 4.78 is 28.5. The Balaban J connectivity index is 1.59. The van der Waals surface area contributed by atoms with Crippen molar-refractivity contribution >= 4 is 16.1 Å². The number of amides is 1. The number of carbonyl (C=O) groups excluding carboxylic acids is 1. The van der Waals surface area contributed by atoms with Crippen LogP contribution < -0.4 is 5.32 Å². The molecule has 0 aromatic heterocycles. The summed E-state index contributed by atoms with van der Waals surface area (Å²) in [6.07, 6.45) is 0.705. The van der Waals surface area contributed by atoms with Crippen molar-refractivity contribution in [3.05, 3.63) is 70.8 Å². The van der Waals surface area contributed by atoms with Gasteiger partial charge in [0.1, 0.15) is 0 Å². The lowest BCUT2D eigenvalue weighted by Crippen LogP contribution is -2.52. The molecule has 0 spiro atoms. The fraction of sp³-hybridized carbons (Fsp3) is 0.381. The van der Waals surface area contributed by atoms with Gasteiger partial charge in [-0.3, -0.25) is 4.79 Å². The standard InChI is InChI=1S/C21H27N3O3S/c1-17-4-8-19(9-5-17)14-22-21(25)16-24-13-3-12-23(28(24,26)27)15-20-10-6-18(2)7-11-20/h4-11H,3,12-16H2,1-2H3,(H,22,25). The van der Waals surface area contributed by atoms with Gasteiger partial charge in [-0.15, -0.1) is 0 Å². The molecule has 1 aliphatic heterocycles. The van der Waals surface area contributed by atoms with Gasteiger partial charge in [-0.2, -0.15) is 17.0 Å². The van der Waals surface area contributed by atoms with Gasteiger partial charge >= 0.3 is 0 Å². The Kier molecular flexibility index (Phi) is 6.49. The Labute approximate surface area is 167 Å². The smallest absolute Gasteiger partial charge is 0.282 e. The summed E-state index contributed by atoms with van der Waals surface area (Å²) >= 11 is 0. The predicted molar refractivity (Wildman–Crippen MR) is 110 cm³/mol. The number of aryl methyl sites for hydroxylation is 2. The first-order chi connectivity index (χ1) is 13.3. The Morgan fingerprint density at radius 3 is 2.04 bits per heavy atom. The molecule has 7 heteroatoms. The van der Waals surface area contributed by atoms with E-state index in [0.29, 0.717) is 32.6 Å². The van der Waals surface area contributed by atoms with Gasteiger partial charge in [0.15, 0.2) is 0 Å². The van der Waals surface area contributed by atoms with E-state index in [0.717, 1.165) is 22.3 Å². The van der Waals surface area contributed by atoms with Gasteiger partial charge in [0.05, 0.1) is 6.54 Å². The molecule has 0 saturated carbocycles. The fourth-order valence-electron chi connectivity index (χ4n) is 3.16. The van der Waals surface area contributed by atoms with Crippen molar-refractivity contribution in [1.29, 1.82) is 0 Å². The molecule has 1 fully saturated rings. The van der Waals surface area contributed by atoms with E-state index in [2.05, 4.69) is 5.32 Å². The monoisotopic (exact) mass is 401 g/mol. The number of rotatable bonds is 6. The highest BCUT2D eigenvalue weighted by Crippen LogP contribution is 2.19. The third-order valence-electron chi connectivity index (χ3n) is 4.88. The lowest BCUT2D eigenvalue weighted by Gasteiger charge is -2.34. The first-order valence-electron chi connectivity index (χ1n) is 9.47. The molecule has 1 N–H and O–H groups in total. The molecule has 3 rings (SSSR count). The van der Waals surface area contributed by atoms with Crippen molar-refractivity contribution in [2.75, 3.05) is 19.6 Å². The Morgan fingerprint density at radius 1 is 0.893 bits per heavy atom. The van der Waals surface area contributed by atoms with Crippen LogP contribution in [0.1, 0.15) is 28.7 Å². The van der Waals surface area contributed by atoms with Crippen LogP contribution >= 0.6 is 0 Å². The van der Waals surface area contributed by atoms with Crippen LogP contribution in [0.5, 0.6) is 0 Å². The second-order valence-corrected chi connectivity index (χ2v) is 9.20. The summed E-state index contributed by atoms with van der Waals surface area (Å²) in [7, 11) is -3.65. The van der Waals surface area contributed by atoms with Crippen LogP contribution in [0.4, 0.5) is 0 Å². The maximum absolute atomic E-state index is 12.9. The van der Waals surface area contributed by atoms with Gasteiger partial charge in [-0.05, 0) is 31.4 Å². The zero-order valence-corrected chi connectivity index (χ0v) is 17.2. The average Bonchev–Trinajstić information content (AvgIpc) is 2.66. The number of hydrogen-bond acceptors (Lipinski definition) is 3. The molecule has 0 aliphatic carbocycles. The van der Waals surface area contributed by atoms with Gasteiger partial charge in [0.25, 0.3) is 10.2 Å². The van der Waals surface area contributed by atoms with Gasteiger partial charge in [0, 0.05) is 26.2 Å². The highest BCUT2D eigenvalue weighted by molar-refractivity contribution is 7.86. The zero-order chi connectivity index (χ0) is 20.1. The number of carbonyl (C=O) groups is 1. The second-order valence-electron chi connectivity index (χ2n) is 7.28. The molecule has 0 atom stereocenters. The number of benzene rings is 2. The van der Waals surface area contributed by atoms with Crippen molar-refractivity contribution in [2.24, 2.45) is 0 Å². The highest BCUT2D eigenvalue weighted by atomic mass is 32.2. The van der Waals surface area contributed by atoms with E-state index in [9.17, 15) is 13.2 Å². The molecule has 2 aromatic rings. The van der Waals surface area contributed by atoms with Crippen molar-refractivity contribution in [3.8, 4) is 0 Å². The molecule has 1 heterocycles. The molecule has 1 amide bonds. The molecule has 28 heavy (non-hydrogen) atoms. The maximum atomic E-state index is 12.9. The Bertz CT molecular complexity index is 909. The lowest BCUT2D eigenvalue weighted by atomic mass is 10.1. The van der Waals surface area contributed by atoms with Crippen molar-refractivity contribution in [1.82, 2.24) is 13.9 Å². The second kappa shape index (κ2) is 8.86. The van der Waals surface area contributed by atoms with Crippen LogP contribution in [0.3, 0.4) is 0 Å².